The van der Waals surface area contributed by atoms with Gasteiger partial charge in [0.25, 0.3) is 0 Å². The van der Waals surface area contributed by atoms with Gasteiger partial charge >= 0.3 is 0 Å². The van der Waals surface area contributed by atoms with Gasteiger partial charge in [-0.3, -0.25) is 0 Å². The molecule has 0 fully saturated rings. The highest BCUT2D eigenvalue weighted by atomic mass is 32.1. The summed E-state index contributed by atoms with van der Waals surface area (Å²) in [5, 5.41) is 12.5. The van der Waals surface area contributed by atoms with E-state index in [1.165, 1.54) is 0 Å². The van der Waals surface area contributed by atoms with Crippen molar-refractivity contribution in [3.8, 4) is 0 Å². The number of aliphatic hydroxyl groups is 1. The van der Waals surface area contributed by atoms with Crippen molar-refractivity contribution in [3.05, 3.63) is 21.9 Å². The van der Waals surface area contributed by atoms with Crippen molar-refractivity contribution < 1.29 is 9.84 Å². The largest absolute Gasteiger partial charge is 0.382 e. The molecule has 1 atom stereocenters. The molecule has 0 bridgehead atoms. The molecule has 3 N–H and O–H groups in total. The van der Waals surface area contributed by atoms with Crippen molar-refractivity contribution in [1.29, 1.82) is 0 Å². The maximum Gasteiger partial charge on any atom is 0.122 e. The highest BCUT2D eigenvalue weighted by Crippen LogP contribution is 2.33. The molecule has 1 unspecified atom stereocenters. The van der Waals surface area contributed by atoms with Crippen LogP contribution in [0.1, 0.15) is 23.3 Å². The van der Waals surface area contributed by atoms with Gasteiger partial charge in [-0.1, -0.05) is 0 Å². The maximum atomic E-state index is 10.5. The SMILES string of the molecule is COCC(O)(CCCN)c1sccc1C. The molecule has 1 rings (SSSR count). The van der Waals surface area contributed by atoms with Crippen LogP contribution >= 0.6 is 11.3 Å². The van der Waals surface area contributed by atoms with Crippen LogP contribution in [0.2, 0.25) is 0 Å². The summed E-state index contributed by atoms with van der Waals surface area (Å²) in [6.07, 6.45) is 1.45. The average Bonchev–Trinajstić information content (AvgIpc) is 2.62. The Morgan fingerprint density at radius 1 is 1.60 bits per heavy atom. The minimum atomic E-state index is -0.869. The lowest BCUT2D eigenvalue weighted by Crippen LogP contribution is -2.31. The Labute approximate surface area is 94.9 Å². The third-order valence-electron chi connectivity index (χ3n) is 2.46. The zero-order chi connectivity index (χ0) is 11.3. The molecule has 0 radical (unpaired) electrons. The minimum absolute atomic E-state index is 0.328. The molecular weight excluding hydrogens is 210 g/mol. The van der Waals surface area contributed by atoms with Crippen LogP contribution in [-0.2, 0) is 10.3 Å². The van der Waals surface area contributed by atoms with Crippen molar-refractivity contribution in [3.63, 3.8) is 0 Å². The predicted octanol–water partition coefficient (Wildman–Crippen LogP) is 1.63. The summed E-state index contributed by atoms with van der Waals surface area (Å²) >= 11 is 1.58. The fourth-order valence-corrected chi connectivity index (χ4v) is 2.78. The molecule has 1 aromatic heterocycles. The molecule has 1 aromatic rings. The lowest BCUT2D eigenvalue weighted by atomic mass is 9.94. The Morgan fingerprint density at radius 3 is 2.80 bits per heavy atom. The van der Waals surface area contributed by atoms with Crippen LogP contribution in [0.4, 0.5) is 0 Å². The molecule has 86 valence electrons. The van der Waals surface area contributed by atoms with Gasteiger partial charge in [0.15, 0.2) is 0 Å². The molecule has 0 aromatic carbocycles. The van der Waals surface area contributed by atoms with Crippen LogP contribution in [0.15, 0.2) is 11.4 Å². The Bertz CT molecular complexity index is 301. The van der Waals surface area contributed by atoms with Crippen molar-refractivity contribution in [2.45, 2.75) is 25.4 Å². The Balaban J connectivity index is 2.85. The quantitative estimate of drug-likeness (QED) is 0.779. The van der Waals surface area contributed by atoms with Gasteiger partial charge in [0.2, 0.25) is 0 Å². The van der Waals surface area contributed by atoms with Crippen LogP contribution < -0.4 is 5.73 Å². The number of hydrogen-bond donors (Lipinski definition) is 2. The molecule has 0 aliphatic heterocycles. The smallest absolute Gasteiger partial charge is 0.122 e. The summed E-state index contributed by atoms with van der Waals surface area (Å²) in [5.74, 6) is 0. The monoisotopic (exact) mass is 229 g/mol. The molecule has 4 heteroatoms. The summed E-state index contributed by atoms with van der Waals surface area (Å²) < 4.78 is 5.10. The first-order valence-electron chi connectivity index (χ1n) is 5.10. The van der Waals surface area contributed by atoms with Gasteiger partial charge in [0.05, 0.1) is 6.61 Å². The number of methoxy groups -OCH3 is 1. The standard InChI is InChI=1S/C11H19NO2S/c1-9-4-7-15-10(9)11(13,8-14-2)5-3-6-12/h4,7,13H,3,5-6,8,12H2,1-2H3. The number of thiophene rings is 1. The van der Waals surface area contributed by atoms with Crippen molar-refractivity contribution in [2.24, 2.45) is 5.73 Å². The lowest BCUT2D eigenvalue weighted by molar-refractivity contribution is -0.0406. The first kappa shape index (κ1) is 12.6. The Kier molecular flexibility index (Phi) is 4.73. The van der Waals surface area contributed by atoms with Crippen LogP contribution in [0.5, 0.6) is 0 Å². The summed E-state index contributed by atoms with van der Waals surface area (Å²) in [7, 11) is 1.61. The van der Waals surface area contributed by atoms with Gasteiger partial charge in [0.1, 0.15) is 5.60 Å². The zero-order valence-electron chi connectivity index (χ0n) is 9.32. The van der Waals surface area contributed by atoms with E-state index < -0.39 is 5.60 Å². The van der Waals surface area contributed by atoms with Gasteiger partial charge in [-0.15, -0.1) is 11.3 Å². The summed E-state index contributed by atoms with van der Waals surface area (Å²) in [6, 6.07) is 2.02. The number of ether oxygens (including phenoxy) is 1. The van der Waals surface area contributed by atoms with Crippen LogP contribution in [0.3, 0.4) is 0 Å². The van der Waals surface area contributed by atoms with E-state index in [2.05, 4.69) is 0 Å². The predicted molar refractivity (Wildman–Crippen MR) is 63.1 cm³/mol. The van der Waals surface area contributed by atoms with Gasteiger partial charge in [0, 0.05) is 12.0 Å². The topological polar surface area (TPSA) is 55.5 Å². The molecule has 0 aliphatic carbocycles. The molecule has 1 heterocycles. The van der Waals surface area contributed by atoms with Crippen LogP contribution in [0, 0.1) is 6.92 Å². The molecule has 0 aliphatic rings. The van der Waals surface area contributed by atoms with Gasteiger partial charge in [-0.2, -0.15) is 0 Å². The minimum Gasteiger partial charge on any atom is -0.382 e. The first-order valence-corrected chi connectivity index (χ1v) is 5.98. The molecule has 0 spiro atoms. The number of rotatable bonds is 6. The second-order valence-electron chi connectivity index (χ2n) is 3.79. The number of nitrogens with two attached hydrogens (primary N) is 1. The Morgan fingerprint density at radius 2 is 2.33 bits per heavy atom. The van der Waals surface area contributed by atoms with Crippen LogP contribution in [0.25, 0.3) is 0 Å². The number of aryl methyl sites for hydroxylation is 1. The molecule has 0 saturated carbocycles. The van der Waals surface area contributed by atoms with E-state index in [-0.39, 0.29) is 0 Å². The summed E-state index contributed by atoms with van der Waals surface area (Å²) in [6.45, 7) is 2.93. The lowest BCUT2D eigenvalue weighted by Gasteiger charge is -2.27. The van der Waals surface area contributed by atoms with E-state index >= 15 is 0 Å². The van der Waals surface area contributed by atoms with Gasteiger partial charge in [-0.25, -0.2) is 0 Å². The third-order valence-corrected chi connectivity index (χ3v) is 3.67. The van der Waals surface area contributed by atoms with Crippen molar-refractivity contribution in [2.75, 3.05) is 20.3 Å². The second kappa shape index (κ2) is 5.61. The average molecular weight is 229 g/mol. The fourth-order valence-electron chi connectivity index (χ4n) is 1.73. The second-order valence-corrected chi connectivity index (χ2v) is 4.71. The fraction of sp³-hybridized carbons (Fsp3) is 0.636. The van der Waals surface area contributed by atoms with E-state index in [4.69, 9.17) is 10.5 Å². The van der Waals surface area contributed by atoms with E-state index in [1.54, 1.807) is 18.4 Å². The van der Waals surface area contributed by atoms with Gasteiger partial charge in [-0.05, 0) is 43.3 Å². The Hall–Kier alpha value is -0.420. The normalized spacial score (nSPS) is 15.2. The molecule has 0 amide bonds. The molecular formula is C11H19NO2S. The highest BCUT2D eigenvalue weighted by Gasteiger charge is 2.31. The number of hydrogen-bond acceptors (Lipinski definition) is 4. The van der Waals surface area contributed by atoms with E-state index in [0.29, 0.717) is 19.6 Å². The maximum absolute atomic E-state index is 10.5. The molecule has 15 heavy (non-hydrogen) atoms. The highest BCUT2D eigenvalue weighted by molar-refractivity contribution is 7.10. The van der Waals surface area contributed by atoms with E-state index in [0.717, 1.165) is 16.9 Å². The summed E-state index contributed by atoms with van der Waals surface area (Å²) in [4.78, 5) is 0.998. The van der Waals surface area contributed by atoms with Crippen molar-refractivity contribution in [1.82, 2.24) is 0 Å². The molecule has 3 nitrogen and oxygen atoms in total. The third kappa shape index (κ3) is 3.01. The van der Waals surface area contributed by atoms with Gasteiger partial charge < -0.3 is 15.6 Å². The zero-order valence-corrected chi connectivity index (χ0v) is 10.1. The molecule has 0 saturated heterocycles. The van der Waals surface area contributed by atoms with Crippen LogP contribution in [-0.4, -0.2) is 25.4 Å². The van der Waals surface area contributed by atoms with Crippen molar-refractivity contribution >= 4 is 11.3 Å². The summed E-state index contributed by atoms with van der Waals surface area (Å²) in [5.41, 5.74) is 5.73. The van der Waals surface area contributed by atoms with E-state index in [9.17, 15) is 5.11 Å². The first-order chi connectivity index (χ1) is 7.14. The van der Waals surface area contributed by atoms with E-state index in [1.807, 2.05) is 18.4 Å².